The molecule has 0 N–H and O–H groups in total. The number of sulfone groups is 1. The molecule has 0 spiro atoms. The fraction of sp³-hybridized carbons (Fsp3) is 0.471. The third kappa shape index (κ3) is 5.04. The first kappa shape index (κ1) is 17.9. The lowest BCUT2D eigenvalue weighted by Crippen LogP contribution is -2.35. The van der Waals surface area contributed by atoms with Crippen LogP contribution >= 0.6 is 0 Å². The molecule has 2 aromatic rings. The summed E-state index contributed by atoms with van der Waals surface area (Å²) in [6, 6.07) is 6.50. The van der Waals surface area contributed by atoms with Crippen LogP contribution in [0.25, 0.3) is 0 Å². The predicted molar refractivity (Wildman–Crippen MR) is 93.3 cm³/mol. The van der Waals surface area contributed by atoms with E-state index in [1.54, 1.807) is 28.9 Å². The Morgan fingerprint density at radius 2 is 2.08 bits per heavy atom. The third-order valence-electron chi connectivity index (χ3n) is 4.04. The molecule has 3 rings (SSSR count). The maximum atomic E-state index is 11.5. The normalized spacial score (nSPS) is 19.5. The smallest absolute Gasteiger partial charge is 0.175 e. The minimum Gasteiger partial charge on any atom is -0.487 e. The highest BCUT2D eigenvalue weighted by Crippen LogP contribution is 2.18. The van der Waals surface area contributed by atoms with Crippen LogP contribution in [0.2, 0.25) is 0 Å². The van der Waals surface area contributed by atoms with Gasteiger partial charge in [0.25, 0.3) is 0 Å². The molecule has 25 heavy (non-hydrogen) atoms. The van der Waals surface area contributed by atoms with Crippen molar-refractivity contribution in [2.24, 2.45) is 7.05 Å². The third-order valence-corrected chi connectivity index (χ3v) is 5.17. The number of ether oxygens (including phenoxy) is 2. The zero-order chi connectivity index (χ0) is 17.9. The molecule has 1 aromatic carbocycles. The molecular formula is C17H23N3O4S. The van der Waals surface area contributed by atoms with Crippen molar-refractivity contribution in [1.29, 1.82) is 0 Å². The van der Waals surface area contributed by atoms with Crippen LogP contribution in [0.5, 0.6) is 5.75 Å². The van der Waals surface area contributed by atoms with Crippen molar-refractivity contribution in [2.75, 3.05) is 32.6 Å². The molecule has 7 nitrogen and oxygen atoms in total. The van der Waals surface area contributed by atoms with E-state index in [0.29, 0.717) is 19.0 Å². The van der Waals surface area contributed by atoms with Crippen LogP contribution < -0.4 is 4.74 Å². The second-order valence-corrected chi connectivity index (χ2v) is 8.33. The van der Waals surface area contributed by atoms with Gasteiger partial charge in [-0.05, 0) is 24.3 Å². The van der Waals surface area contributed by atoms with Gasteiger partial charge >= 0.3 is 0 Å². The molecular weight excluding hydrogens is 342 g/mol. The Balaban J connectivity index is 1.63. The summed E-state index contributed by atoms with van der Waals surface area (Å²) in [5.41, 5.74) is 1.15. The maximum Gasteiger partial charge on any atom is 0.175 e. The van der Waals surface area contributed by atoms with E-state index in [2.05, 4.69) is 10.00 Å². The second-order valence-electron chi connectivity index (χ2n) is 6.32. The standard InChI is InChI=1S/C17H23N3O4S/c1-19-10-14(9-18-19)11-20-7-8-23-13-16(12-20)24-15-3-5-17(6-4-15)25(2,21)22/h3-6,9-10,16H,7-8,11-13H2,1-2H3/t16-/m1/s1. The van der Waals surface area contributed by atoms with Crippen LogP contribution in [0.4, 0.5) is 0 Å². The average molecular weight is 365 g/mol. The quantitative estimate of drug-likeness (QED) is 0.790. The van der Waals surface area contributed by atoms with Gasteiger partial charge in [-0.1, -0.05) is 0 Å². The molecule has 1 saturated heterocycles. The lowest BCUT2D eigenvalue weighted by Gasteiger charge is -2.23. The zero-order valence-corrected chi connectivity index (χ0v) is 15.3. The Morgan fingerprint density at radius 1 is 1.32 bits per heavy atom. The van der Waals surface area contributed by atoms with Gasteiger partial charge in [0.1, 0.15) is 11.9 Å². The summed E-state index contributed by atoms with van der Waals surface area (Å²) in [6.45, 7) is 3.54. The number of benzene rings is 1. The largest absolute Gasteiger partial charge is 0.487 e. The minimum absolute atomic E-state index is 0.108. The van der Waals surface area contributed by atoms with Gasteiger partial charge in [0.2, 0.25) is 0 Å². The predicted octanol–water partition coefficient (Wildman–Crippen LogP) is 1.10. The molecule has 1 atom stereocenters. The van der Waals surface area contributed by atoms with E-state index in [4.69, 9.17) is 9.47 Å². The van der Waals surface area contributed by atoms with Gasteiger partial charge in [-0.15, -0.1) is 0 Å². The van der Waals surface area contributed by atoms with Gasteiger partial charge in [0.15, 0.2) is 9.84 Å². The molecule has 2 heterocycles. The lowest BCUT2D eigenvalue weighted by molar-refractivity contribution is 0.0710. The molecule has 1 aromatic heterocycles. The van der Waals surface area contributed by atoms with Crippen LogP contribution in [0.15, 0.2) is 41.6 Å². The van der Waals surface area contributed by atoms with Crippen LogP contribution in [0.1, 0.15) is 5.56 Å². The summed E-state index contributed by atoms with van der Waals surface area (Å²) >= 11 is 0. The van der Waals surface area contributed by atoms with Crippen LogP contribution in [0, 0.1) is 0 Å². The molecule has 136 valence electrons. The van der Waals surface area contributed by atoms with Crippen LogP contribution in [-0.4, -0.2) is 61.8 Å². The Bertz CT molecular complexity index is 802. The van der Waals surface area contributed by atoms with Crippen molar-refractivity contribution in [2.45, 2.75) is 17.5 Å². The molecule has 1 fully saturated rings. The Labute approximate surface area is 148 Å². The number of rotatable bonds is 5. The monoisotopic (exact) mass is 365 g/mol. The van der Waals surface area contributed by atoms with E-state index in [-0.39, 0.29) is 11.0 Å². The fourth-order valence-corrected chi connectivity index (χ4v) is 3.46. The molecule has 8 heteroatoms. The van der Waals surface area contributed by atoms with Crippen molar-refractivity contribution in [1.82, 2.24) is 14.7 Å². The second kappa shape index (κ2) is 7.55. The van der Waals surface area contributed by atoms with Gasteiger partial charge in [-0.3, -0.25) is 9.58 Å². The van der Waals surface area contributed by atoms with E-state index in [1.807, 2.05) is 19.4 Å². The molecule has 0 aliphatic carbocycles. The summed E-state index contributed by atoms with van der Waals surface area (Å²) in [6.07, 6.45) is 4.96. The molecule has 0 unspecified atom stereocenters. The van der Waals surface area contributed by atoms with Gasteiger partial charge in [-0.25, -0.2) is 8.42 Å². The van der Waals surface area contributed by atoms with Crippen LogP contribution in [0.3, 0.4) is 0 Å². The van der Waals surface area contributed by atoms with Crippen molar-refractivity contribution in [3.05, 3.63) is 42.2 Å². The van der Waals surface area contributed by atoms with E-state index in [0.717, 1.165) is 25.2 Å². The summed E-state index contributed by atoms with van der Waals surface area (Å²) in [7, 11) is -1.29. The summed E-state index contributed by atoms with van der Waals surface area (Å²) < 4.78 is 36.5. The molecule has 0 radical (unpaired) electrons. The van der Waals surface area contributed by atoms with E-state index < -0.39 is 9.84 Å². The highest BCUT2D eigenvalue weighted by atomic mass is 32.2. The molecule has 1 aliphatic heterocycles. The number of hydrogen-bond donors (Lipinski definition) is 0. The molecule has 0 saturated carbocycles. The highest BCUT2D eigenvalue weighted by Gasteiger charge is 2.21. The van der Waals surface area contributed by atoms with Crippen molar-refractivity contribution < 1.29 is 17.9 Å². The topological polar surface area (TPSA) is 73.7 Å². The fourth-order valence-electron chi connectivity index (χ4n) is 2.82. The van der Waals surface area contributed by atoms with Gasteiger partial charge in [0, 0.05) is 44.7 Å². The lowest BCUT2D eigenvalue weighted by atomic mass is 10.2. The first-order chi connectivity index (χ1) is 11.9. The van der Waals surface area contributed by atoms with Gasteiger partial charge in [-0.2, -0.15) is 5.10 Å². The van der Waals surface area contributed by atoms with Crippen LogP contribution in [-0.2, 0) is 28.2 Å². The van der Waals surface area contributed by atoms with Gasteiger partial charge < -0.3 is 9.47 Å². The molecule has 0 amide bonds. The molecule has 1 aliphatic rings. The zero-order valence-electron chi connectivity index (χ0n) is 14.5. The number of hydrogen-bond acceptors (Lipinski definition) is 6. The Kier molecular flexibility index (Phi) is 5.41. The summed E-state index contributed by atoms with van der Waals surface area (Å²) in [5, 5.41) is 4.20. The number of aromatic nitrogens is 2. The van der Waals surface area contributed by atoms with Gasteiger partial charge in [0.05, 0.1) is 24.3 Å². The first-order valence-corrected chi connectivity index (χ1v) is 10.0. The van der Waals surface area contributed by atoms with Crippen molar-refractivity contribution in [3.8, 4) is 5.75 Å². The Morgan fingerprint density at radius 3 is 2.72 bits per heavy atom. The van der Waals surface area contributed by atoms with E-state index in [9.17, 15) is 8.42 Å². The minimum atomic E-state index is -3.20. The van der Waals surface area contributed by atoms with E-state index >= 15 is 0 Å². The SMILES string of the molecule is Cn1cc(CN2CCOC[C@H](Oc3ccc(S(C)(=O)=O)cc3)C2)cn1. The highest BCUT2D eigenvalue weighted by molar-refractivity contribution is 7.90. The number of aryl methyl sites for hydroxylation is 1. The Hall–Kier alpha value is -1.90. The van der Waals surface area contributed by atoms with Crippen molar-refractivity contribution >= 4 is 9.84 Å². The average Bonchev–Trinajstić information content (AvgIpc) is 2.83. The number of nitrogens with zero attached hydrogens (tertiary/aromatic N) is 3. The van der Waals surface area contributed by atoms with E-state index in [1.165, 1.54) is 6.26 Å². The summed E-state index contributed by atoms with van der Waals surface area (Å²) in [4.78, 5) is 2.56. The first-order valence-electron chi connectivity index (χ1n) is 8.14. The summed E-state index contributed by atoms with van der Waals surface area (Å²) in [5.74, 6) is 0.643. The van der Waals surface area contributed by atoms with Crippen molar-refractivity contribution in [3.63, 3.8) is 0 Å². The maximum absolute atomic E-state index is 11.5. The molecule has 0 bridgehead atoms.